The molecule has 0 aliphatic rings. The van der Waals surface area contributed by atoms with Crippen molar-refractivity contribution < 1.29 is 18.3 Å². The van der Waals surface area contributed by atoms with Gasteiger partial charge in [-0.3, -0.25) is 4.98 Å². The molecule has 1 N–H and O–H groups in total. The predicted octanol–water partition coefficient (Wildman–Crippen LogP) is 2.03. The minimum Gasteiger partial charge on any atom is -0.396 e. The quantitative estimate of drug-likeness (QED) is 0.818. The van der Waals surface area contributed by atoms with Crippen molar-refractivity contribution in [2.24, 2.45) is 0 Å². The number of hydrogen-bond donors (Lipinski definition) is 1. The van der Waals surface area contributed by atoms with Crippen LogP contribution in [0.2, 0.25) is 0 Å². The maximum absolute atomic E-state index is 12.4. The van der Waals surface area contributed by atoms with Crippen LogP contribution in [0.5, 0.6) is 0 Å². The lowest BCUT2D eigenvalue weighted by Gasteiger charge is -2.11. The van der Waals surface area contributed by atoms with Crippen molar-refractivity contribution >= 4 is 0 Å². The van der Waals surface area contributed by atoms with Gasteiger partial charge < -0.3 is 5.11 Å². The molecule has 0 aliphatic heterocycles. The molecule has 14 heavy (non-hydrogen) atoms. The van der Waals surface area contributed by atoms with Gasteiger partial charge in [-0.25, -0.2) is 0 Å². The van der Waals surface area contributed by atoms with Crippen LogP contribution in [0, 0.1) is 0 Å². The van der Waals surface area contributed by atoms with Crippen LogP contribution in [-0.4, -0.2) is 16.7 Å². The third kappa shape index (κ3) is 2.70. The number of aryl methyl sites for hydroxylation is 1. The number of pyridine rings is 1. The molecule has 0 saturated heterocycles. The Hall–Kier alpha value is -1.10. The van der Waals surface area contributed by atoms with E-state index in [1.165, 1.54) is 6.20 Å². The van der Waals surface area contributed by atoms with E-state index < -0.39 is 11.7 Å². The minimum absolute atomic E-state index is 0.119. The molecule has 0 amide bonds. The van der Waals surface area contributed by atoms with Crippen molar-refractivity contribution in [3.63, 3.8) is 0 Å². The number of nitrogens with zero attached hydrogens (tertiary/aromatic N) is 1. The third-order valence-electron chi connectivity index (χ3n) is 1.81. The van der Waals surface area contributed by atoms with E-state index in [1.54, 1.807) is 0 Å². The minimum atomic E-state index is -4.34. The largest absolute Gasteiger partial charge is 0.416 e. The van der Waals surface area contributed by atoms with Crippen LogP contribution in [-0.2, 0) is 12.6 Å². The third-order valence-corrected chi connectivity index (χ3v) is 1.81. The highest BCUT2D eigenvalue weighted by atomic mass is 19.4. The summed E-state index contributed by atoms with van der Waals surface area (Å²) in [5.41, 5.74) is -0.532. The Kier molecular flexibility index (Phi) is 3.46. The van der Waals surface area contributed by atoms with Gasteiger partial charge in [-0.05, 0) is 24.5 Å². The molecule has 0 unspecified atom stereocenters. The lowest BCUT2D eigenvalue weighted by molar-refractivity contribution is -0.138. The van der Waals surface area contributed by atoms with E-state index in [0.717, 1.165) is 12.3 Å². The molecule has 1 heterocycles. The fraction of sp³-hybridized carbons (Fsp3) is 0.444. The maximum Gasteiger partial charge on any atom is 0.416 e. The molecular weight excluding hydrogens is 195 g/mol. The molecule has 78 valence electrons. The van der Waals surface area contributed by atoms with Crippen LogP contribution in [0.4, 0.5) is 13.2 Å². The molecule has 0 saturated carbocycles. The van der Waals surface area contributed by atoms with E-state index in [-0.39, 0.29) is 18.6 Å². The summed E-state index contributed by atoms with van der Waals surface area (Å²) >= 11 is 0. The van der Waals surface area contributed by atoms with Crippen LogP contribution < -0.4 is 0 Å². The zero-order valence-corrected chi connectivity index (χ0v) is 7.38. The summed E-state index contributed by atoms with van der Waals surface area (Å²) in [6.07, 6.45) is -1.52. The molecule has 5 heteroatoms. The molecule has 1 rings (SSSR count). The molecule has 0 aromatic carbocycles. The fourth-order valence-electron chi connectivity index (χ4n) is 1.17. The maximum atomic E-state index is 12.4. The van der Waals surface area contributed by atoms with Gasteiger partial charge in [0.05, 0.1) is 5.56 Å². The normalized spacial score (nSPS) is 11.7. The van der Waals surface area contributed by atoms with Gasteiger partial charge in [-0.1, -0.05) is 0 Å². The van der Waals surface area contributed by atoms with Gasteiger partial charge in [0.2, 0.25) is 0 Å². The number of aromatic nitrogens is 1. The summed E-state index contributed by atoms with van der Waals surface area (Å²) in [6.45, 7) is -0.119. The molecule has 2 nitrogen and oxygen atoms in total. The number of aliphatic hydroxyl groups excluding tert-OH is 1. The van der Waals surface area contributed by atoms with E-state index in [9.17, 15) is 13.2 Å². The zero-order valence-electron chi connectivity index (χ0n) is 7.38. The molecule has 1 aromatic heterocycles. The predicted molar refractivity (Wildman–Crippen MR) is 44.6 cm³/mol. The summed E-state index contributed by atoms with van der Waals surface area (Å²) in [4.78, 5) is 3.63. The van der Waals surface area contributed by atoms with Crippen molar-refractivity contribution in [1.82, 2.24) is 4.98 Å². The average molecular weight is 205 g/mol. The first kappa shape index (κ1) is 11.0. The van der Waals surface area contributed by atoms with Crippen LogP contribution in [0.1, 0.15) is 17.5 Å². The Balaban J connectivity index is 2.92. The van der Waals surface area contributed by atoms with E-state index in [0.29, 0.717) is 6.42 Å². The van der Waals surface area contributed by atoms with Crippen molar-refractivity contribution in [2.75, 3.05) is 6.61 Å². The molecule has 0 fully saturated rings. The smallest absolute Gasteiger partial charge is 0.396 e. The molecule has 0 bridgehead atoms. The molecule has 0 radical (unpaired) electrons. The Morgan fingerprint density at radius 1 is 1.36 bits per heavy atom. The Labute approximate surface area is 79.4 Å². The lowest BCUT2D eigenvalue weighted by atomic mass is 10.1. The lowest BCUT2D eigenvalue weighted by Crippen LogP contribution is -2.09. The van der Waals surface area contributed by atoms with Crippen LogP contribution in [0.25, 0.3) is 0 Å². The Morgan fingerprint density at radius 3 is 2.64 bits per heavy atom. The van der Waals surface area contributed by atoms with Crippen molar-refractivity contribution in [2.45, 2.75) is 19.0 Å². The first-order valence-corrected chi connectivity index (χ1v) is 4.16. The van der Waals surface area contributed by atoms with Crippen LogP contribution >= 0.6 is 0 Å². The van der Waals surface area contributed by atoms with Gasteiger partial charge in [0.1, 0.15) is 0 Å². The highest BCUT2D eigenvalue weighted by molar-refractivity contribution is 5.26. The first-order valence-electron chi connectivity index (χ1n) is 4.16. The Morgan fingerprint density at radius 2 is 2.07 bits per heavy atom. The van der Waals surface area contributed by atoms with Gasteiger partial charge in [-0.2, -0.15) is 13.2 Å². The number of rotatable bonds is 3. The SMILES string of the molecule is OCCCc1cnccc1C(F)(F)F. The van der Waals surface area contributed by atoms with Gasteiger partial charge in [-0.15, -0.1) is 0 Å². The molecular formula is C9H10F3NO. The highest BCUT2D eigenvalue weighted by Crippen LogP contribution is 2.31. The summed E-state index contributed by atoms with van der Waals surface area (Å²) in [6, 6.07) is 0.951. The van der Waals surface area contributed by atoms with E-state index in [1.807, 2.05) is 0 Å². The average Bonchev–Trinajstić information content (AvgIpc) is 2.14. The number of alkyl halides is 3. The van der Waals surface area contributed by atoms with Gasteiger partial charge in [0, 0.05) is 19.0 Å². The number of halogens is 3. The summed E-state index contributed by atoms with van der Waals surface area (Å²) < 4.78 is 37.2. The fourth-order valence-corrected chi connectivity index (χ4v) is 1.17. The van der Waals surface area contributed by atoms with Crippen LogP contribution in [0.3, 0.4) is 0 Å². The molecule has 0 aliphatic carbocycles. The van der Waals surface area contributed by atoms with E-state index >= 15 is 0 Å². The summed E-state index contributed by atoms with van der Waals surface area (Å²) in [5, 5.41) is 8.52. The highest BCUT2D eigenvalue weighted by Gasteiger charge is 2.32. The number of hydrogen-bond acceptors (Lipinski definition) is 2. The number of aliphatic hydroxyl groups is 1. The standard InChI is InChI=1S/C9H10F3NO/c10-9(11,12)8-3-4-13-6-7(8)2-1-5-14/h3-4,6,14H,1-2,5H2. The van der Waals surface area contributed by atoms with Gasteiger partial charge >= 0.3 is 6.18 Å². The molecule has 0 atom stereocenters. The van der Waals surface area contributed by atoms with Gasteiger partial charge in [0.15, 0.2) is 0 Å². The van der Waals surface area contributed by atoms with E-state index in [2.05, 4.69) is 4.98 Å². The van der Waals surface area contributed by atoms with Gasteiger partial charge in [0.25, 0.3) is 0 Å². The summed E-state index contributed by atoms with van der Waals surface area (Å²) in [7, 11) is 0. The zero-order chi connectivity index (χ0) is 10.6. The first-order chi connectivity index (χ1) is 6.55. The van der Waals surface area contributed by atoms with Crippen molar-refractivity contribution in [3.8, 4) is 0 Å². The second-order valence-corrected chi connectivity index (χ2v) is 2.86. The van der Waals surface area contributed by atoms with Crippen molar-refractivity contribution in [1.29, 1.82) is 0 Å². The monoisotopic (exact) mass is 205 g/mol. The second kappa shape index (κ2) is 4.41. The second-order valence-electron chi connectivity index (χ2n) is 2.86. The van der Waals surface area contributed by atoms with Crippen molar-refractivity contribution in [3.05, 3.63) is 29.6 Å². The molecule has 0 spiro atoms. The molecule has 1 aromatic rings. The Bertz CT molecular complexity index is 298. The van der Waals surface area contributed by atoms with Crippen LogP contribution in [0.15, 0.2) is 18.5 Å². The van der Waals surface area contributed by atoms with E-state index in [4.69, 9.17) is 5.11 Å². The summed E-state index contributed by atoms with van der Waals surface area (Å²) in [5.74, 6) is 0. The topological polar surface area (TPSA) is 33.1 Å².